The molecule has 0 saturated carbocycles. The highest BCUT2D eigenvalue weighted by atomic mass is 19.4. The summed E-state index contributed by atoms with van der Waals surface area (Å²) in [6, 6.07) is 3.65. The Hall–Kier alpha value is -3.35. The molecule has 1 N–H and O–H groups in total. The number of alkyl halides is 6. The van der Waals surface area contributed by atoms with Gasteiger partial charge in [-0.3, -0.25) is 10.1 Å². The predicted octanol–water partition coefficient (Wildman–Crippen LogP) is 6.22. The largest absolute Gasteiger partial charge is 0.468 e. The van der Waals surface area contributed by atoms with Gasteiger partial charge in [-0.1, -0.05) is 6.07 Å². The van der Waals surface area contributed by atoms with Crippen LogP contribution in [-0.2, 0) is 28.4 Å². The predicted molar refractivity (Wildman–Crippen MR) is 134 cm³/mol. The van der Waals surface area contributed by atoms with Gasteiger partial charge >= 0.3 is 24.4 Å². The van der Waals surface area contributed by atoms with Crippen molar-refractivity contribution in [2.45, 2.75) is 69.1 Å². The third-order valence-electron chi connectivity index (χ3n) is 7.90. The lowest BCUT2D eigenvalue weighted by molar-refractivity contribution is -0.144. The Labute approximate surface area is 232 Å². The lowest BCUT2D eigenvalue weighted by Gasteiger charge is -2.47. The summed E-state index contributed by atoms with van der Waals surface area (Å²) in [4.78, 5) is 28.4. The summed E-state index contributed by atoms with van der Waals surface area (Å²) in [5.74, 6) is -0.879. The molecule has 2 heterocycles. The highest BCUT2D eigenvalue weighted by Crippen LogP contribution is 2.44. The van der Waals surface area contributed by atoms with Crippen molar-refractivity contribution in [1.29, 1.82) is 0 Å². The van der Waals surface area contributed by atoms with E-state index in [0.29, 0.717) is 48.9 Å². The molecule has 3 atom stereocenters. The maximum absolute atomic E-state index is 13.9. The molecule has 2 aliphatic heterocycles. The van der Waals surface area contributed by atoms with Crippen molar-refractivity contribution in [3.05, 3.63) is 70.0 Å². The van der Waals surface area contributed by atoms with Gasteiger partial charge in [-0.15, -0.1) is 0 Å². The molecule has 0 aliphatic carbocycles. The number of benzene rings is 2. The number of rotatable bonds is 4. The molecule has 0 radical (unpaired) electrons. The van der Waals surface area contributed by atoms with Crippen LogP contribution in [0.1, 0.15) is 59.5 Å². The molecule has 2 saturated heterocycles. The second-order valence-corrected chi connectivity index (χ2v) is 10.8. The summed E-state index contributed by atoms with van der Waals surface area (Å²) in [6.07, 6.45) is -8.09. The van der Waals surface area contributed by atoms with Gasteiger partial charge in [0.05, 0.1) is 24.3 Å². The molecule has 0 aromatic heterocycles. The molecule has 41 heavy (non-hydrogen) atoms. The molecule has 4 rings (SSSR count). The topological polar surface area (TPSA) is 61.9 Å². The lowest BCUT2D eigenvalue weighted by Crippen LogP contribution is -2.56. The zero-order valence-electron chi connectivity index (χ0n) is 22.6. The van der Waals surface area contributed by atoms with Crippen LogP contribution in [-0.4, -0.2) is 54.1 Å². The van der Waals surface area contributed by atoms with Gasteiger partial charge in [0.2, 0.25) is 0 Å². The van der Waals surface area contributed by atoms with Gasteiger partial charge in [0.15, 0.2) is 0 Å². The molecule has 0 bridgehead atoms. The van der Waals surface area contributed by atoms with Gasteiger partial charge in [0, 0.05) is 25.7 Å². The average Bonchev–Trinajstić information content (AvgIpc) is 3.29. The normalized spacial score (nSPS) is 23.1. The Balaban J connectivity index is 1.63. The first-order valence-electron chi connectivity index (χ1n) is 12.9. The van der Waals surface area contributed by atoms with E-state index in [4.69, 9.17) is 4.74 Å². The van der Waals surface area contributed by atoms with E-state index in [0.717, 1.165) is 4.90 Å². The molecule has 1 unspecified atom stereocenters. The van der Waals surface area contributed by atoms with Gasteiger partial charge in [0.25, 0.3) is 0 Å². The molecule has 224 valence electrons. The van der Waals surface area contributed by atoms with Crippen molar-refractivity contribution < 1.29 is 45.1 Å². The number of nitrogens with one attached hydrogen (secondary N) is 1. The van der Waals surface area contributed by atoms with Crippen LogP contribution in [0.4, 0.5) is 35.5 Å². The molecule has 2 aliphatic rings. The molecule has 13 heteroatoms. The fourth-order valence-electron chi connectivity index (χ4n) is 5.88. The first-order chi connectivity index (χ1) is 19.0. The standard InChI is InChI=1S/C28H30F7N3O3/c1-16-10-20(29)4-5-21(16)23-14-26(7-6-22(36-26)24(39)41-3)8-9-38(23)25(40)37(2)15-17-11-18(27(30,31)32)13-19(12-17)28(33,34)35/h4-5,10-13,22-23,36H,6-9,14-15H2,1-3H3/t22?,23-,26+/m1/s1. The Morgan fingerprint density at radius 2 is 1.68 bits per heavy atom. The number of halogens is 7. The number of likely N-dealkylation sites (tertiary alicyclic amines) is 1. The van der Waals surface area contributed by atoms with E-state index in [1.165, 1.54) is 31.2 Å². The molecule has 1 spiro atoms. The zero-order valence-corrected chi connectivity index (χ0v) is 22.6. The fourth-order valence-corrected chi connectivity index (χ4v) is 5.88. The van der Waals surface area contributed by atoms with Crippen LogP contribution in [0, 0.1) is 12.7 Å². The molecular weight excluding hydrogens is 559 g/mol. The summed E-state index contributed by atoms with van der Waals surface area (Å²) >= 11 is 0. The molecule has 6 nitrogen and oxygen atoms in total. The minimum absolute atomic E-state index is 0.0406. The maximum Gasteiger partial charge on any atom is 0.416 e. The van der Waals surface area contributed by atoms with Crippen LogP contribution in [0.2, 0.25) is 0 Å². The third kappa shape index (κ3) is 6.60. The number of hydrogen-bond acceptors (Lipinski definition) is 4. The van der Waals surface area contributed by atoms with E-state index in [1.807, 2.05) is 0 Å². The zero-order chi connectivity index (χ0) is 30.3. The van der Waals surface area contributed by atoms with Crippen molar-refractivity contribution in [2.24, 2.45) is 0 Å². The minimum Gasteiger partial charge on any atom is -0.468 e. The van der Waals surface area contributed by atoms with Gasteiger partial charge < -0.3 is 14.5 Å². The fraction of sp³-hybridized carbons (Fsp3) is 0.500. The summed E-state index contributed by atoms with van der Waals surface area (Å²) in [6.45, 7) is 1.36. The van der Waals surface area contributed by atoms with Crippen LogP contribution in [0.25, 0.3) is 0 Å². The number of carbonyl (C=O) groups excluding carboxylic acids is 2. The summed E-state index contributed by atoms with van der Waals surface area (Å²) in [7, 11) is 2.59. The minimum atomic E-state index is -5.01. The number of carbonyl (C=O) groups is 2. The highest BCUT2D eigenvalue weighted by Gasteiger charge is 2.48. The van der Waals surface area contributed by atoms with Crippen LogP contribution >= 0.6 is 0 Å². The highest BCUT2D eigenvalue weighted by molar-refractivity contribution is 5.77. The van der Waals surface area contributed by atoms with E-state index in [-0.39, 0.29) is 18.2 Å². The molecule has 2 aromatic rings. The molecule has 2 aromatic carbocycles. The number of piperidine rings is 1. The van der Waals surface area contributed by atoms with Crippen molar-refractivity contribution in [1.82, 2.24) is 15.1 Å². The first kappa shape index (κ1) is 30.6. The van der Waals surface area contributed by atoms with E-state index >= 15 is 0 Å². The van der Waals surface area contributed by atoms with Crippen LogP contribution in [0.15, 0.2) is 36.4 Å². The monoisotopic (exact) mass is 589 g/mol. The van der Waals surface area contributed by atoms with E-state index in [2.05, 4.69) is 5.32 Å². The lowest BCUT2D eigenvalue weighted by atomic mass is 9.79. The van der Waals surface area contributed by atoms with Crippen LogP contribution in [0.5, 0.6) is 0 Å². The van der Waals surface area contributed by atoms with Crippen molar-refractivity contribution in [3.63, 3.8) is 0 Å². The van der Waals surface area contributed by atoms with Gasteiger partial charge in [-0.05, 0) is 79.6 Å². The SMILES string of the molecule is COC(=O)C1CC[C@@]2(CCN(C(=O)N(C)Cc3cc(C(F)(F)F)cc(C(F)(F)F)c3)[C@@H](c3ccc(F)cc3C)C2)N1. The number of hydrogen-bond donors (Lipinski definition) is 1. The molecule has 2 amide bonds. The Morgan fingerprint density at radius 1 is 1.05 bits per heavy atom. The number of urea groups is 1. The van der Waals surface area contributed by atoms with Crippen LogP contribution < -0.4 is 5.32 Å². The van der Waals surface area contributed by atoms with Crippen molar-refractivity contribution >= 4 is 12.0 Å². The van der Waals surface area contributed by atoms with E-state index in [9.17, 15) is 40.3 Å². The number of amides is 2. The summed E-state index contributed by atoms with van der Waals surface area (Å²) in [5.41, 5.74) is -2.56. The first-order valence-corrected chi connectivity index (χ1v) is 12.9. The van der Waals surface area contributed by atoms with Gasteiger partial charge in [-0.2, -0.15) is 26.3 Å². The van der Waals surface area contributed by atoms with E-state index < -0.39 is 65.5 Å². The number of nitrogens with zero attached hydrogens (tertiary/aromatic N) is 2. The average molecular weight is 590 g/mol. The maximum atomic E-state index is 13.9. The summed E-state index contributed by atoms with van der Waals surface area (Å²) < 4.78 is 98.9. The van der Waals surface area contributed by atoms with E-state index in [1.54, 1.807) is 13.0 Å². The van der Waals surface area contributed by atoms with Crippen LogP contribution in [0.3, 0.4) is 0 Å². The van der Waals surface area contributed by atoms with Gasteiger partial charge in [-0.25, -0.2) is 9.18 Å². The quantitative estimate of drug-likeness (QED) is 0.340. The van der Waals surface area contributed by atoms with Gasteiger partial charge in [0.1, 0.15) is 11.9 Å². The van der Waals surface area contributed by atoms with Crippen molar-refractivity contribution in [3.8, 4) is 0 Å². The number of esters is 1. The molecule has 2 fully saturated rings. The van der Waals surface area contributed by atoms with Crippen molar-refractivity contribution in [2.75, 3.05) is 20.7 Å². The Morgan fingerprint density at radius 3 is 2.24 bits per heavy atom. The smallest absolute Gasteiger partial charge is 0.416 e. The number of aryl methyl sites for hydroxylation is 1. The second kappa shape index (κ2) is 11.1. The number of ether oxygens (including phenoxy) is 1. The molecular formula is C28H30F7N3O3. The second-order valence-electron chi connectivity index (χ2n) is 10.8. The Bertz CT molecular complexity index is 1280. The summed E-state index contributed by atoms with van der Waals surface area (Å²) in [5, 5.41) is 3.34. The number of methoxy groups -OCH3 is 1. The Kier molecular flexibility index (Phi) is 8.32. The third-order valence-corrected chi connectivity index (χ3v) is 7.90.